The largest absolute Gasteiger partial charge is 0.435 e. The van der Waals surface area contributed by atoms with E-state index in [1.54, 1.807) is 0 Å². The van der Waals surface area contributed by atoms with Gasteiger partial charge < -0.3 is 14.2 Å². The smallest absolute Gasteiger partial charge is 0.227 e. The molecule has 3 heterocycles. The topological polar surface area (TPSA) is 32.5 Å². The van der Waals surface area contributed by atoms with Crippen molar-refractivity contribution in [1.29, 1.82) is 0 Å². The Labute approximate surface area is 178 Å². The third-order valence-electron chi connectivity index (χ3n) is 5.98. The minimum atomic E-state index is 0.189. The zero-order valence-corrected chi connectivity index (χ0v) is 18.7. The molecule has 0 radical (unpaired) electrons. The van der Waals surface area contributed by atoms with Crippen LogP contribution in [0.15, 0.2) is 52.9 Å². The number of anilines is 3. The number of aryl methyl sites for hydroxylation is 2. The first kappa shape index (κ1) is 19.0. The monoisotopic (exact) mass is 399 g/mol. The third kappa shape index (κ3) is 2.85. The van der Waals surface area contributed by atoms with Crippen molar-refractivity contribution in [2.24, 2.45) is 5.41 Å². The Morgan fingerprint density at radius 3 is 2.37 bits per heavy atom. The average Bonchev–Trinajstić information content (AvgIpc) is 3.16. The number of para-hydroxylation sites is 2. The highest BCUT2D eigenvalue weighted by Gasteiger charge is 2.37. The van der Waals surface area contributed by atoms with Crippen molar-refractivity contribution in [3.8, 4) is 0 Å². The van der Waals surface area contributed by atoms with Crippen molar-refractivity contribution in [2.45, 2.75) is 47.7 Å². The molecule has 5 rings (SSSR count). The second kappa shape index (κ2) is 6.49. The summed E-state index contributed by atoms with van der Waals surface area (Å²) in [7, 11) is 0. The van der Waals surface area contributed by atoms with Crippen molar-refractivity contribution in [3.05, 3.63) is 59.8 Å². The van der Waals surface area contributed by atoms with Gasteiger partial charge in [-0.15, -0.1) is 0 Å². The van der Waals surface area contributed by atoms with Crippen LogP contribution in [0.25, 0.3) is 22.1 Å². The summed E-state index contributed by atoms with van der Waals surface area (Å²) in [6, 6.07) is 17.2. The number of nitrogens with zero attached hydrogens (tertiary/aromatic N) is 3. The second-order valence-corrected chi connectivity index (χ2v) is 9.69. The molecule has 4 nitrogen and oxygen atoms in total. The number of rotatable bonds is 2. The van der Waals surface area contributed by atoms with Gasteiger partial charge in [-0.1, -0.05) is 45.0 Å². The molecular formula is C26H29N3O. The van der Waals surface area contributed by atoms with Crippen LogP contribution in [0.4, 0.5) is 17.1 Å². The van der Waals surface area contributed by atoms with E-state index in [4.69, 9.17) is 4.42 Å². The summed E-state index contributed by atoms with van der Waals surface area (Å²) in [5.41, 5.74) is 7.65. The van der Waals surface area contributed by atoms with Crippen LogP contribution in [-0.2, 0) is 0 Å². The molecular weight excluding hydrogens is 370 g/mol. The van der Waals surface area contributed by atoms with E-state index >= 15 is 0 Å². The molecule has 30 heavy (non-hydrogen) atoms. The molecule has 1 aliphatic rings. The van der Waals surface area contributed by atoms with Crippen LogP contribution in [0.5, 0.6) is 0 Å². The Bertz CT molecular complexity index is 1260. The van der Waals surface area contributed by atoms with Crippen LogP contribution in [0, 0.1) is 19.3 Å². The zero-order valence-electron chi connectivity index (χ0n) is 18.7. The molecule has 0 unspecified atom stereocenters. The number of fused-ring (bicyclic) bond motifs is 4. The van der Waals surface area contributed by atoms with E-state index in [2.05, 4.69) is 97.9 Å². The second-order valence-electron chi connectivity index (χ2n) is 9.69. The molecule has 4 heteroatoms. The first-order valence-corrected chi connectivity index (χ1v) is 10.7. The lowest BCUT2D eigenvalue weighted by atomic mass is 9.95. The minimum Gasteiger partial charge on any atom is -0.435 e. The van der Waals surface area contributed by atoms with E-state index in [9.17, 15) is 0 Å². The lowest BCUT2D eigenvalue weighted by molar-refractivity contribution is 0.400. The SMILES string of the molecule is Cc1ccc2c(n1)oc1c(N3c4ccccc4N(CC(C)(C)C)[C@@H]3C)c(C)ccc12. The van der Waals surface area contributed by atoms with Gasteiger partial charge in [0.1, 0.15) is 6.17 Å². The molecule has 0 saturated carbocycles. The normalized spacial score (nSPS) is 16.7. The van der Waals surface area contributed by atoms with Crippen LogP contribution in [0.2, 0.25) is 0 Å². The molecule has 0 fully saturated rings. The zero-order chi connectivity index (χ0) is 21.2. The maximum Gasteiger partial charge on any atom is 0.227 e. The molecule has 0 bridgehead atoms. The first-order chi connectivity index (χ1) is 14.2. The van der Waals surface area contributed by atoms with Gasteiger partial charge in [-0.3, -0.25) is 0 Å². The number of hydrogen-bond donors (Lipinski definition) is 0. The number of pyridine rings is 1. The van der Waals surface area contributed by atoms with Gasteiger partial charge in [-0.2, -0.15) is 0 Å². The first-order valence-electron chi connectivity index (χ1n) is 10.7. The number of aromatic nitrogens is 1. The van der Waals surface area contributed by atoms with E-state index < -0.39 is 0 Å². The standard InChI is InChI=1S/C26H29N3O/c1-16-11-13-19-20-14-12-17(2)27-25(20)30-24(19)23(16)29-18(3)28(15-26(4,5)6)21-9-7-8-10-22(21)29/h7-14,18H,15H2,1-6H3/t18-/m0/s1. The van der Waals surface area contributed by atoms with Gasteiger partial charge in [0.2, 0.25) is 5.71 Å². The lowest BCUT2D eigenvalue weighted by Gasteiger charge is -2.35. The van der Waals surface area contributed by atoms with E-state index in [0.717, 1.165) is 34.3 Å². The number of furan rings is 1. The molecule has 0 amide bonds. The van der Waals surface area contributed by atoms with Crippen molar-refractivity contribution in [1.82, 2.24) is 4.98 Å². The van der Waals surface area contributed by atoms with Gasteiger partial charge in [-0.05, 0) is 56.0 Å². The molecule has 0 N–H and O–H groups in total. The van der Waals surface area contributed by atoms with E-state index in [1.165, 1.54) is 16.9 Å². The average molecular weight is 400 g/mol. The highest BCUT2D eigenvalue weighted by atomic mass is 16.3. The van der Waals surface area contributed by atoms with Gasteiger partial charge in [0.25, 0.3) is 0 Å². The molecule has 4 aromatic rings. The van der Waals surface area contributed by atoms with Gasteiger partial charge in [0.05, 0.1) is 17.1 Å². The fourth-order valence-corrected chi connectivity index (χ4v) is 4.69. The van der Waals surface area contributed by atoms with Gasteiger partial charge in [-0.25, -0.2) is 4.98 Å². The summed E-state index contributed by atoms with van der Waals surface area (Å²) < 4.78 is 6.39. The summed E-state index contributed by atoms with van der Waals surface area (Å²) in [4.78, 5) is 9.59. The Morgan fingerprint density at radius 1 is 0.933 bits per heavy atom. The highest BCUT2D eigenvalue weighted by Crippen LogP contribution is 2.48. The summed E-state index contributed by atoms with van der Waals surface area (Å²) in [5, 5.41) is 2.19. The van der Waals surface area contributed by atoms with Crippen molar-refractivity contribution in [2.75, 3.05) is 16.3 Å². The predicted octanol–water partition coefficient (Wildman–Crippen LogP) is 6.95. The Morgan fingerprint density at radius 2 is 1.63 bits per heavy atom. The van der Waals surface area contributed by atoms with Gasteiger partial charge >= 0.3 is 0 Å². The Hall–Kier alpha value is -3.01. The molecule has 0 spiro atoms. The van der Waals surface area contributed by atoms with Crippen LogP contribution in [0.3, 0.4) is 0 Å². The third-order valence-corrected chi connectivity index (χ3v) is 5.98. The van der Waals surface area contributed by atoms with Crippen molar-refractivity contribution < 1.29 is 4.42 Å². The molecule has 0 aliphatic carbocycles. The van der Waals surface area contributed by atoms with E-state index in [1.807, 2.05) is 6.92 Å². The van der Waals surface area contributed by atoms with Crippen LogP contribution >= 0.6 is 0 Å². The summed E-state index contributed by atoms with van der Waals surface area (Å²) in [6.45, 7) is 14.3. The van der Waals surface area contributed by atoms with Crippen LogP contribution < -0.4 is 9.80 Å². The molecule has 1 aliphatic heterocycles. The summed E-state index contributed by atoms with van der Waals surface area (Å²) >= 11 is 0. The van der Waals surface area contributed by atoms with E-state index in [0.29, 0.717) is 5.71 Å². The summed E-state index contributed by atoms with van der Waals surface area (Å²) in [5.74, 6) is 0. The molecule has 0 saturated heterocycles. The fraction of sp³-hybridized carbons (Fsp3) is 0.346. The molecule has 1 atom stereocenters. The minimum absolute atomic E-state index is 0.189. The predicted molar refractivity (Wildman–Crippen MR) is 126 cm³/mol. The number of benzene rings is 2. The Kier molecular flexibility index (Phi) is 4.11. The molecule has 2 aromatic carbocycles. The van der Waals surface area contributed by atoms with Crippen LogP contribution in [0.1, 0.15) is 39.0 Å². The summed E-state index contributed by atoms with van der Waals surface area (Å²) in [6.07, 6.45) is 0.189. The van der Waals surface area contributed by atoms with Crippen molar-refractivity contribution >= 4 is 39.1 Å². The van der Waals surface area contributed by atoms with Gasteiger partial charge in [0.15, 0.2) is 5.58 Å². The Balaban J connectivity index is 1.75. The number of hydrogen-bond acceptors (Lipinski definition) is 4. The quantitative estimate of drug-likeness (QED) is 0.365. The molecule has 2 aromatic heterocycles. The van der Waals surface area contributed by atoms with Gasteiger partial charge in [0, 0.05) is 23.0 Å². The van der Waals surface area contributed by atoms with Crippen molar-refractivity contribution in [3.63, 3.8) is 0 Å². The lowest BCUT2D eigenvalue weighted by Crippen LogP contribution is -2.42. The maximum absolute atomic E-state index is 6.39. The van der Waals surface area contributed by atoms with Crippen LogP contribution in [-0.4, -0.2) is 17.7 Å². The highest BCUT2D eigenvalue weighted by molar-refractivity contribution is 6.10. The maximum atomic E-state index is 6.39. The van der Waals surface area contributed by atoms with E-state index in [-0.39, 0.29) is 11.6 Å². The molecule has 154 valence electrons. The fourth-order valence-electron chi connectivity index (χ4n) is 4.69.